The minimum atomic E-state index is 0.225. The highest BCUT2D eigenvalue weighted by molar-refractivity contribution is 7.99. The molecule has 0 saturated carbocycles. The van der Waals surface area contributed by atoms with Crippen LogP contribution >= 0.6 is 35.0 Å². The first-order valence-corrected chi connectivity index (χ1v) is 7.21. The van der Waals surface area contributed by atoms with Gasteiger partial charge in [-0.2, -0.15) is 0 Å². The summed E-state index contributed by atoms with van der Waals surface area (Å²) in [5, 5.41) is 1.37. The smallest absolute Gasteiger partial charge is 0.0603 e. The second-order valence-electron chi connectivity index (χ2n) is 3.83. The van der Waals surface area contributed by atoms with Gasteiger partial charge in [-0.15, -0.1) is 11.8 Å². The predicted molar refractivity (Wildman–Crippen MR) is 80.6 cm³/mol. The highest BCUT2D eigenvalue weighted by atomic mass is 35.5. The molecule has 0 aliphatic carbocycles. The van der Waals surface area contributed by atoms with E-state index in [4.69, 9.17) is 28.9 Å². The number of hydrogen-bond acceptors (Lipinski definition) is 2. The van der Waals surface area contributed by atoms with Crippen LogP contribution in [0.2, 0.25) is 10.0 Å². The van der Waals surface area contributed by atoms with Crippen LogP contribution in [0.5, 0.6) is 0 Å². The molecule has 18 heavy (non-hydrogen) atoms. The number of rotatable bonds is 4. The molecule has 0 fully saturated rings. The highest BCUT2D eigenvalue weighted by Gasteiger charge is 2.11. The maximum atomic E-state index is 6.01. The predicted octanol–water partition coefficient (Wildman–Crippen LogP) is 4.79. The molecule has 0 spiro atoms. The molecule has 2 rings (SSSR count). The lowest BCUT2D eigenvalue weighted by atomic mass is 10.1. The van der Waals surface area contributed by atoms with E-state index in [-0.39, 0.29) is 5.25 Å². The third kappa shape index (κ3) is 3.42. The van der Waals surface area contributed by atoms with Crippen LogP contribution in [0.3, 0.4) is 0 Å². The molecule has 0 bridgehead atoms. The number of nitrogens with two attached hydrogens (primary N) is 1. The van der Waals surface area contributed by atoms with Crippen LogP contribution in [0.15, 0.2) is 53.4 Å². The van der Waals surface area contributed by atoms with Gasteiger partial charge in [0.2, 0.25) is 0 Å². The lowest BCUT2D eigenvalue weighted by molar-refractivity contribution is 0.941. The fourth-order valence-electron chi connectivity index (χ4n) is 1.63. The lowest BCUT2D eigenvalue weighted by Crippen LogP contribution is -2.09. The minimum Gasteiger partial charge on any atom is -0.329 e. The molecule has 0 radical (unpaired) electrons. The van der Waals surface area contributed by atoms with E-state index in [0.717, 1.165) is 4.90 Å². The van der Waals surface area contributed by atoms with E-state index in [2.05, 4.69) is 12.1 Å². The van der Waals surface area contributed by atoms with Crippen LogP contribution in [0.25, 0.3) is 0 Å². The molecule has 2 N–H and O–H groups in total. The van der Waals surface area contributed by atoms with Crippen molar-refractivity contribution >= 4 is 35.0 Å². The molecular weight excluding hydrogens is 285 g/mol. The molecule has 1 atom stereocenters. The van der Waals surface area contributed by atoms with E-state index in [1.54, 1.807) is 11.8 Å². The van der Waals surface area contributed by atoms with Gasteiger partial charge in [-0.25, -0.2) is 0 Å². The fourth-order valence-corrected chi connectivity index (χ4v) is 3.05. The monoisotopic (exact) mass is 297 g/mol. The molecule has 4 heteroatoms. The first kappa shape index (κ1) is 13.8. The Morgan fingerprint density at radius 1 is 1.00 bits per heavy atom. The summed E-state index contributed by atoms with van der Waals surface area (Å²) in [4.78, 5) is 1.07. The van der Waals surface area contributed by atoms with Crippen molar-refractivity contribution in [3.63, 3.8) is 0 Å². The van der Waals surface area contributed by atoms with Crippen molar-refractivity contribution in [2.75, 3.05) is 6.54 Å². The van der Waals surface area contributed by atoms with E-state index >= 15 is 0 Å². The van der Waals surface area contributed by atoms with E-state index in [0.29, 0.717) is 16.6 Å². The van der Waals surface area contributed by atoms with Crippen molar-refractivity contribution in [2.24, 2.45) is 5.73 Å². The minimum absolute atomic E-state index is 0.225. The highest BCUT2D eigenvalue weighted by Crippen LogP contribution is 2.36. The molecule has 0 amide bonds. The molecule has 2 aromatic rings. The zero-order valence-corrected chi connectivity index (χ0v) is 12.0. The van der Waals surface area contributed by atoms with Gasteiger partial charge in [0.05, 0.1) is 10.0 Å². The molecular formula is C14H13Cl2NS. The topological polar surface area (TPSA) is 26.0 Å². The molecule has 0 heterocycles. The van der Waals surface area contributed by atoms with E-state index in [1.165, 1.54) is 5.56 Å². The third-order valence-electron chi connectivity index (χ3n) is 2.55. The van der Waals surface area contributed by atoms with E-state index < -0.39 is 0 Å². The zero-order valence-electron chi connectivity index (χ0n) is 9.64. The third-order valence-corrected chi connectivity index (χ3v) is 4.57. The molecule has 1 unspecified atom stereocenters. The molecule has 1 nitrogen and oxygen atoms in total. The van der Waals surface area contributed by atoms with Gasteiger partial charge in [-0.1, -0.05) is 53.5 Å². The van der Waals surface area contributed by atoms with Gasteiger partial charge in [0, 0.05) is 16.7 Å². The Morgan fingerprint density at radius 2 is 1.72 bits per heavy atom. The summed E-state index contributed by atoms with van der Waals surface area (Å²) in [6, 6.07) is 15.9. The second-order valence-corrected chi connectivity index (χ2v) is 5.92. The molecule has 0 saturated heterocycles. The van der Waals surface area contributed by atoms with Crippen molar-refractivity contribution in [2.45, 2.75) is 10.1 Å². The summed E-state index contributed by atoms with van der Waals surface area (Å²) in [7, 11) is 0. The van der Waals surface area contributed by atoms with Crippen molar-refractivity contribution in [3.8, 4) is 0 Å². The van der Waals surface area contributed by atoms with Crippen LogP contribution in [0.1, 0.15) is 10.8 Å². The Kier molecular flexibility index (Phi) is 4.95. The van der Waals surface area contributed by atoms with Gasteiger partial charge >= 0.3 is 0 Å². The Morgan fingerprint density at radius 3 is 2.33 bits per heavy atom. The van der Waals surface area contributed by atoms with Crippen molar-refractivity contribution in [1.29, 1.82) is 0 Å². The fraction of sp³-hybridized carbons (Fsp3) is 0.143. The largest absolute Gasteiger partial charge is 0.329 e. The van der Waals surface area contributed by atoms with Gasteiger partial charge in [0.1, 0.15) is 0 Å². The first-order chi connectivity index (χ1) is 8.70. The Hall–Kier alpha value is -0.670. The maximum Gasteiger partial charge on any atom is 0.0603 e. The number of thioether (sulfide) groups is 1. The summed E-state index contributed by atoms with van der Waals surface area (Å²) in [6.45, 7) is 0.578. The van der Waals surface area contributed by atoms with Gasteiger partial charge in [-0.3, -0.25) is 0 Å². The van der Waals surface area contributed by atoms with Crippen molar-refractivity contribution in [3.05, 3.63) is 64.1 Å². The van der Waals surface area contributed by atoms with Crippen LogP contribution in [-0.2, 0) is 0 Å². The maximum absolute atomic E-state index is 6.01. The Balaban J connectivity index is 2.18. The lowest BCUT2D eigenvalue weighted by Gasteiger charge is -2.15. The van der Waals surface area contributed by atoms with Gasteiger partial charge < -0.3 is 5.73 Å². The van der Waals surface area contributed by atoms with Crippen molar-refractivity contribution in [1.82, 2.24) is 0 Å². The molecule has 0 aliphatic heterocycles. The van der Waals surface area contributed by atoms with E-state index in [1.807, 2.05) is 36.4 Å². The van der Waals surface area contributed by atoms with E-state index in [9.17, 15) is 0 Å². The summed E-state index contributed by atoms with van der Waals surface area (Å²) < 4.78 is 0. The second kappa shape index (κ2) is 6.48. The summed E-state index contributed by atoms with van der Waals surface area (Å²) >= 11 is 13.6. The SMILES string of the molecule is NCC(Sc1ccc(Cl)c(Cl)c1)c1ccccc1. The van der Waals surface area contributed by atoms with Crippen LogP contribution in [0.4, 0.5) is 0 Å². The Labute approximate surface area is 121 Å². The summed E-state index contributed by atoms with van der Waals surface area (Å²) in [6.07, 6.45) is 0. The normalized spacial score (nSPS) is 12.4. The molecule has 2 aromatic carbocycles. The Bertz CT molecular complexity index is 516. The van der Waals surface area contributed by atoms with Crippen molar-refractivity contribution < 1.29 is 0 Å². The van der Waals surface area contributed by atoms with Crippen LogP contribution in [-0.4, -0.2) is 6.54 Å². The van der Waals surface area contributed by atoms with Gasteiger partial charge in [0.25, 0.3) is 0 Å². The quantitative estimate of drug-likeness (QED) is 0.822. The molecule has 0 aliphatic rings. The average molecular weight is 298 g/mol. The molecule has 0 aromatic heterocycles. The first-order valence-electron chi connectivity index (χ1n) is 5.57. The standard InChI is InChI=1S/C14H13Cl2NS/c15-12-7-6-11(8-13(12)16)18-14(9-17)10-4-2-1-3-5-10/h1-8,14H,9,17H2. The molecule has 94 valence electrons. The van der Waals surface area contributed by atoms with Crippen LogP contribution < -0.4 is 5.73 Å². The zero-order chi connectivity index (χ0) is 13.0. The average Bonchev–Trinajstić information content (AvgIpc) is 2.41. The summed E-state index contributed by atoms with van der Waals surface area (Å²) in [5.74, 6) is 0. The number of halogens is 2. The van der Waals surface area contributed by atoms with Crippen LogP contribution in [0, 0.1) is 0 Å². The number of hydrogen-bond donors (Lipinski definition) is 1. The van der Waals surface area contributed by atoms with Gasteiger partial charge in [-0.05, 0) is 23.8 Å². The number of benzene rings is 2. The summed E-state index contributed by atoms with van der Waals surface area (Å²) in [5.41, 5.74) is 7.06. The van der Waals surface area contributed by atoms with Gasteiger partial charge in [0.15, 0.2) is 0 Å².